The Balaban J connectivity index is 1.57. The molecule has 1 aromatic rings. The Labute approximate surface area is 140 Å². The fraction of sp³-hybridized carbons (Fsp3) is 0.529. The van der Waals surface area contributed by atoms with Gasteiger partial charge in [0.15, 0.2) is 0 Å². The number of nitrogens with one attached hydrogen (secondary N) is 1. The summed E-state index contributed by atoms with van der Waals surface area (Å²) in [6, 6.07) is 5.96. The van der Waals surface area contributed by atoms with Crippen LogP contribution in [0.5, 0.6) is 0 Å². The van der Waals surface area contributed by atoms with Crippen LogP contribution in [-0.2, 0) is 9.53 Å². The van der Waals surface area contributed by atoms with E-state index < -0.39 is 5.54 Å². The number of rotatable bonds is 4. The van der Waals surface area contributed by atoms with Crippen LogP contribution in [0.15, 0.2) is 24.3 Å². The minimum atomic E-state index is -0.835. The van der Waals surface area contributed by atoms with E-state index in [4.69, 9.17) is 4.74 Å². The van der Waals surface area contributed by atoms with Crippen molar-refractivity contribution in [1.82, 2.24) is 15.1 Å². The van der Waals surface area contributed by atoms with Crippen molar-refractivity contribution in [2.75, 3.05) is 32.8 Å². The van der Waals surface area contributed by atoms with Gasteiger partial charge in [-0.25, -0.2) is 9.18 Å². The average molecular weight is 335 g/mol. The van der Waals surface area contributed by atoms with Crippen molar-refractivity contribution in [3.05, 3.63) is 35.6 Å². The van der Waals surface area contributed by atoms with Gasteiger partial charge in [-0.2, -0.15) is 0 Å². The highest BCUT2D eigenvalue weighted by Crippen LogP contribution is 2.23. The van der Waals surface area contributed by atoms with E-state index >= 15 is 0 Å². The third-order valence-corrected chi connectivity index (χ3v) is 4.48. The molecule has 24 heavy (non-hydrogen) atoms. The zero-order chi connectivity index (χ0) is 17.3. The number of benzene rings is 1. The number of morpholine rings is 1. The van der Waals surface area contributed by atoms with Gasteiger partial charge in [0.25, 0.3) is 5.91 Å². The topological polar surface area (TPSA) is 61.9 Å². The Kier molecular flexibility index (Phi) is 4.56. The van der Waals surface area contributed by atoms with Crippen LogP contribution in [0.25, 0.3) is 0 Å². The Hall–Kier alpha value is -1.99. The van der Waals surface area contributed by atoms with Crippen LogP contribution in [0.4, 0.5) is 9.18 Å². The molecule has 130 valence electrons. The van der Waals surface area contributed by atoms with Crippen LogP contribution in [0.3, 0.4) is 0 Å². The van der Waals surface area contributed by atoms with E-state index in [-0.39, 0.29) is 23.9 Å². The molecule has 0 aliphatic carbocycles. The van der Waals surface area contributed by atoms with Crippen molar-refractivity contribution >= 4 is 11.9 Å². The molecule has 3 amide bonds. The fourth-order valence-electron chi connectivity index (χ4n) is 3.05. The lowest BCUT2D eigenvalue weighted by atomic mass is 10.1. The minimum Gasteiger partial charge on any atom is -0.371 e. The standard InChI is InChI=1S/C17H22FN3O3/c1-17(2)15(22)21(16(23)19-17)8-7-20-9-10-24-14(11-20)12-3-5-13(18)6-4-12/h3-6,14H,7-11H2,1-2H3,(H,19,23). The number of ether oxygens (including phenoxy) is 1. The second kappa shape index (κ2) is 6.49. The number of hydrogen-bond acceptors (Lipinski definition) is 4. The van der Waals surface area contributed by atoms with E-state index in [1.807, 2.05) is 0 Å². The molecular formula is C17H22FN3O3. The molecule has 1 atom stereocenters. The number of halogens is 1. The second-order valence-corrected chi connectivity index (χ2v) is 6.72. The van der Waals surface area contributed by atoms with E-state index in [1.54, 1.807) is 26.0 Å². The van der Waals surface area contributed by atoms with Gasteiger partial charge in [-0.3, -0.25) is 14.6 Å². The molecule has 1 aromatic carbocycles. The van der Waals surface area contributed by atoms with Gasteiger partial charge in [-0.05, 0) is 31.5 Å². The van der Waals surface area contributed by atoms with Crippen LogP contribution in [0, 0.1) is 5.82 Å². The summed E-state index contributed by atoms with van der Waals surface area (Å²) in [5.41, 5.74) is 0.0934. The summed E-state index contributed by atoms with van der Waals surface area (Å²) < 4.78 is 18.8. The van der Waals surface area contributed by atoms with Gasteiger partial charge in [0.2, 0.25) is 0 Å². The predicted octanol–water partition coefficient (Wildman–Crippen LogP) is 1.53. The summed E-state index contributed by atoms with van der Waals surface area (Å²) in [5.74, 6) is -0.469. The summed E-state index contributed by atoms with van der Waals surface area (Å²) in [7, 11) is 0. The molecular weight excluding hydrogens is 313 g/mol. The molecule has 2 aliphatic heterocycles. The monoisotopic (exact) mass is 335 g/mol. The van der Waals surface area contributed by atoms with Crippen LogP contribution >= 0.6 is 0 Å². The van der Waals surface area contributed by atoms with Gasteiger partial charge >= 0.3 is 6.03 Å². The van der Waals surface area contributed by atoms with E-state index in [0.717, 1.165) is 12.1 Å². The van der Waals surface area contributed by atoms with Gasteiger partial charge in [-0.1, -0.05) is 12.1 Å². The molecule has 3 rings (SSSR count). The summed E-state index contributed by atoms with van der Waals surface area (Å²) >= 11 is 0. The van der Waals surface area contributed by atoms with Gasteiger partial charge in [0, 0.05) is 26.2 Å². The average Bonchev–Trinajstić information content (AvgIpc) is 2.74. The lowest BCUT2D eigenvalue weighted by Gasteiger charge is -2.33. The predicted molar refractivity (Wildman–Crippen MR) is 85.9 cm³/mol. The van der Waals surface area contributed by atoms with Crippen molar-refractivity contribution in [2.45, 2.75) is 25.5 Å². The first-order valence-corrected chi connectivity index (χ1v) is 8.10. The number of amides is 3. The molecule has 1 unspecified atom stereocenters. The first-order chi connectivity index (χ1) is 11.4. The number of nitrogens with zero attached hydrogens (tertiary/aromatic N) is 2. The molecule has 6 nitrogen and oxygen atoms in total. The summed E-state index contributed by atoms with van der Waals surface area (Å²) in [5, 5.41) is 2.68. The van der Waals surface area contributed by atoms with Crippen LogP contribution in [0.1, 0.15) is 25.5 Å². The summed E-state index contributed by atoms with van der Waals surface area (Å²) in [6.45, 7) is 6.30. The van der Waals surface area contributed by atoms with E-state index in [2.05, 4.69) is 10.2 Å². The lowest BCUT2D eigenvalue weighted by Crippen LogP contribution is -2.45. The number of carbonyl (C=O) groups is 2. The fourth-order valence-corrected chi connectivity index (χ4v) is 3.05. The number of carbonyl (C=O) groups excluding carboxylic acids is 2. The first kappa shape index (κ1) is 16.9. The van der Waals surface area contributed by atoms with Crippen LogP contribution in [-0.4, -0.2) is 60.1 Å². The molecule has 2 saturated heterocycles. The van der Waals surface area contributed by atoms with Gasteiger partial charge in [0.05, 0.1) is 12.7 Å². The molecule has 1 N–H and O–H groups in total. The van der Waals surface area contributed by atoms with Gasteiger partial charge in [0.1, 0.15) is 11.4 Å². The van der Waals surface area contributed by atoms with E-state index in [1.165, 1.54) is 17.0 Å². The quantitative estimate of drug-likeness (QED) is 0.848. The molecule has 2 heterocycles. The zero-order valence-corrected chi connectivity index (χ0v) is 13.9. The minimum absolute atomic E-state index is 0.126. The Morgan fingerprint density at radius 1 is 1.25 bits per heavy atom. The number of urea groups is 1. The maximum Gasteiger partial charge on any atom is 0.325 e. The molecule has 0 spiro atoms. The highest BCUT2D eigenvalue weighted by molar-refractivity contribution is 6.06. The summed E-state index contributed by atoms with van der Waals surface area (Å²) in [4.78, 5) is 27.5. The molecule has 2 aliphatic rings. The number of imide groups is 1. The third kappa shape index (κ3) is 3.42. The van der Waals surface area contributed by atoms with E-state index in [0.29, 0.717) is 26.2 Å². The maximum absolute atomic E-state index is 13.0. The highest BCUT2D eigenvalue weighted by atomic mass is 19.1. The van der Waals surface area contributed by atoms with Crippen molar-refractivity contribution in [3.63, 3.8) is 0 Å². The smallest absolute Gasteiger partial charge is 0.325 e. The summed E-state index contributed by atoms with van der Waals surface area (Å²) in [6.07, 6.45) is -0.126. The third-order valence-electron chi connectivity index (χ3n) is 4.48. The Bertz CT molecular complexity index is 632. The molecule has 7 heteroatoms. The van der Waals surface area contributed by atoms with Crippen molar-refractivity contribution in [3.8, 4) is 0 Å². The molecule has 0 aromatic heterocycles. The molecule has 0 bridgehead atoms. The van der Waals surface area contributed by atoms with Crippen molar-refractivity contribution in [1.29, 1.82) is 0 Å². The Morgan fingerprint density at radius 3 is 2.58 bits per heavy atom. The normalized spacial score (nSPS) is 24.3. The maximum atomic E-state index is 13.0. The number of hydrogen-bond donors (Lipinski definition) is 1. The lowest BCUT2D eigenvalue weighted by molar-refractivity contribution is -0.130. The van der Waals surface area contributed by atoms with Gasteiger partial charge in [-0.15, -0.1) is 0 Å². The van der Waals surface area contributed by atoms with Gasteiger partial charge < -0.3 is 10.1 Å². The SMILES string of the molecule is CC1(C)NC(=O)N(CCN2CCOC(c3ccc(F)cc3)C2)C1=O. The van der Waals surface area contributed by atoms with Crippen molar-refractivity contribution in [2.24, 2.45) is 0 Å². The molecule has 0 saturated carbocycles. The van der Waals surface area contributed by atoms with Crippen LogP contribution < -0.4 is 5.32 Å². The highest BCUT2D eigenvalue weighted by Gasteiger charge is 2.44. The second-order valence-electron chi connectivity index (χ2n) is 6.72. The largest absolute Gasteiger partial charge is 0.371 e. The Morgan fingerprint density at radius 2 is 1.96 bits per heavy atom. The molecule has 2 fully saturated rings. The van der Waals surface area contributed by atoms with Crippen LogP contribution in [0.2, 0.25) is 0 Å². The van der Waals surface area contributed by atoms with Crippen molar-refractivity contribution < 1.29 is 18.7 Å². The zero-order valence-electron chi connectivity index (χ0n) is 13.9. The first-order valence-electron chi connectivity index (χ1n) is 8.10. The molecule has 0 radical (unpaired) electrons. The van der Waals surface area contributed by atoms with E-state index in [9.17, 15) is 14.0 Å².